The molecular weight excluding hydrogens is 495 g/mol. The molecular formula is C28H34F3N5O2. The summed E-state index contributed by atoms with van der Waals surface area (Å²) in [6.45, 7) is 3.31. The van der Waals surface area contributed by atoms with E-state index in [0.29, 0.717) is 58.3 Å². The summed E-state index contributed by atoms with van der Waals surface area (Å²) in [4.78, 5) is 22.6. The molecule has 1 aromatic heterocycles. The van der Waals surface area contributed by atoms with Crippen LogP contribution in [-0.4, -0.2) is 55.5 Å². The highest BCUT2D eigenvalue weighted by atomic mass is 19.4. The molecule has 0 radical (unpaired) electrons. The van der Waals surface area contributed by atoms with Gasteiger partial charge in [0.2, 0.25) is 5.91 Å². The molecule has 10 heteroatoms. The van der Waals surface area contributed by atoms with Crippen LogP contribution in [0.3, 0.4) is 0 Å². The Morgan fingerprint density at radius 1 is 1.08 bits per heavy atom. The van der Waals surface area contributed by atoms with E-state index in [4.69, 9.17) is 4.74 Å². The minimum atomic E-state index is -4.23. The molecule has 1 saturated heterocycles. The molecule has 2 aliphatic carbocycles. The maximum absolute atomic E-state index is 14.0. The van der Waals surface area contributed by atoms with Crippen LogP contribution < -0.4 is 20.4 Å². The van der Waals surface area contributed by atoms with E-state index in [1.807, 2.05) is 23.1 Å². The summed E-state index contributed by atoms with van der Waals surface area (Å²) in [5.41, 5.74) is 3.60. The number of morpholine rings is 1. The van der Waals surface area contributed by atoms with Crippen molar-refractivity contribution in [3.63, 3.8) is 0 Å². The number of nitrogens with zero attached hydrogens (tertiary/aromatic N) is 3. The first kappa shape index (κ1) is 25.4. The first-order valence-electron chi connectivity index (χ1n) is 13.7. The van der Waals surface area contributed by atoms with Crippen molar-refractivity contribution in [2.24, 2.45) is 11.8 Å². The Kier molecular flexibility index (Phi) is 6.94. The molecule has 2 saturated carbocycles. The normalized spacial score (nSPS) is 24.6. The largest absolute Gasteiger partial charge is 0.404 e. The number of hydrogen-bond acceptors (Lipinski definition) is 6. The Morgan fingerprint density at radius 2 is 1.84 bits per heavy atom. The van der Waals surface area contributed by atoms with Crippen LogP contribution in [0.2, 0.25) is 0 Å². The fourth-order valence-electron chi connectivity index (χ4n) is 6.03. The first-order valence-corrected chi connectivity index (χ1v) is 13.7. The second kappa shape index (κ2) is 10.4. The van der Waals surface area contributed by atoms with Crippen LogP contribution in [0.4, 0.5) is 36.1 Å². The number of fused-ring (bicyclic) bond motifs is 2. The van der Waals surface area contributed by atoms with Gasteiger partial charge < -0.3 is 25.2 Å². The van der Waals surface area contributed by atoms with E-state index < -0.39 is 12.2 Å². The van der Waals surface area contributed by atoms with Crippen LogP contribution in [0.15, 0.2) is 36.5 Å². The summed E-state index contributed by atoms with van der Waals surface area (Å²) in [5.74, 6) is 0.229. The van der Waals surface area contributed by atoms with Gasteiger partial charge in [0.15, 0.2) is 0 Å². The maximum Gasteiger partial charge on any atom is 0.404 e. The van der Waals surface area contributed by atoms with Crippen LogP contribution >= 0.6 is 0 Å². The maximum atomic E-state index is 14.0. The SMILES string of the molecule is O=C([C@H]1CC[C@H](NC(C2CC2)C(F)(F)F)CC1)N1Cc2cccnc2Nc2ccc(N3CCOCC3)cc21. The molecule has 2 N–H and O–H groups in total. The predicted octanol–water partition coefficient (Wildman–Crippen LogP) is 5.00. The van der Waals surface area contributed by atoms with E-state index in [1.165, 1.54) is 0 Å². The second-order valence-electron chi connectivity index (χ2n) is 10.9. The molecule has 0 bridgehead atoms. The van der Waals surface area contributed by atoms with Crippen LogP contribution in [0.1, 0.15) is 44.1 Å². The van der Waals surface area contributed by atoms with E-state index in [9.17, 15) is 18.0 Å². The van der Waals surface area contributed by atoms with Crippen LogP contribution in [0.25, 0.3) is 0 Å². The fraction of sp³-hybridized carbons (Fsp3) is 0.571. The van der Waals surface area contributed by atoms with Gasteiger partial charge in [0.05, 0.1) is 31.1 Å². The molecule has 1 amide bonds. The number of alkyl halides is 3. The summed E-state index contributed by atoms with van der Waals surface area (Å²) >= 11 is 0. The van der Waals surface area contributed by atoms with E-state index in [-0.39, 0.29) is 23.8 Å². The smallest absolute Gasteiger partial charge is 0.378 e. The van der Waals surface area contributed by atoms with Crippen molar-refractivity contribution in [2.75, 3.05) is 41.4 Å². The zero-order valence-corrected chi connectivity index (χ0v) is 21.3. The van der Waals surface area contributed by atoms with Crippen molar-refractivity contribution >= 4 is 28.8 Å². The van der Waals surface area contributed by atoms with Gasteiger partial charge in [-0.25, -0.2) is 4.98 Å². The highest BCUT2D eigenvalue weighted by molar-refractivity contribution is 6.00. The molecule has 0 spiro atoms. The molecule has 204 valence electrons. The number of nitrogens with one attached hydrogen (secondary N) is 2. The number of carbonyl (C=O) groups excluding carboxylic acids is 1. The summed E-state index contributed by atoms with van der Waals surface area (Å²) in [6, 6.07) is 8.33. The first-order chi connectivity index (χ1) is 18.4. The number of rotatable bonds is 5. The summed E-state index contributed by atoms with van der Waals surface area (Å²) in [5, 5.41) is 6.31. The molecule has 7 nitrogen and oxygen atoms in total. The van der Waals surface area contributed by atoms with Crippen LogP contribution in [0.5, 0.6) is 0 Å². The number of amides is 1. The fourth-order valence-corrected chi connectivity index (χ4v) is 6.03. The third kappa shape index (κ3) is 5.33. The quantitative estimate of drug-likeness (QED) is 0.569. The number of pyridine rings is 1. The number of hydrogen-bond donors (Lipinski definition) is 2. The van der Waals surface area contributed by atoms with Gasteiger partial charge in [-0.1, -0.05) is 6.07 Å². The van der Waals surface area contributed by atoms with Crippen LogP contribution in [0, 0.1) is 11.8 Å². The van der Waals surface area contributed by atoms with Gasteiger partial charge in [0, 0.05) is 42.5 Å². The van der Waals surface area contributed by atoms with Gasteiger partial charge in [-0.15, -0.1) is 0 Å². The standard InChI is InChI=1S/C28H34F3N5O2/c29-28(30,31)25(18-3-4-18)33-21-7-5-19(6-8-21)27(37)36-17-20-2-1-11-32-26(20)34-23-10-9-22(16-24(23)36)35-12-14-38-15-13-35/h1-2,9-11,16,18-19,21,25,33H,3-8,12-15,17H2,(H,32,34)/t19-,21-,25?. The number of aromatic nitrogens is 1. The van der Waals surface area contributed by atoms with E-state index in [0.717, 1.165) is 41.5 Å². The molecule has 38 heavy (non-hydrogen) atoms. The zero-order valence-electron chi connectivity index (χ0n) is 21.3. The van der Waals surface area contributed by atoms with Crippen molar-refractivity contribution in [3.05, 3.63) is 42.1 Å². The zero-order chi connectivity index (χ0) is 26.3. The lowest BCUT2D eigenvalue weighted by Crippen LogP contribution is -2.50. The van der Waals surface area contributed by atoms with Crippen molar-refractivity contribution < 1.29 is 22.7 Å². The highest BCUT2D eigenvalue weighted by Crippen LogP contribution is 2.42. The van der Waals surface area contributed by atoms with Crippen molar-refractivity contribution in [3.8, 4) is 0 Å². The van der Waals surface area contributed by atoms with E-state index in [2.05, 4.69) is 32.7 Å². The van der Waals surface area contributed by atoms with Crippen LogP contribution in [-0.2, 0) is 16.1 Å². The Bertz CT molecular complexity index is 1160. The minimum Gasteiger partial charge on any atom is -0.378 e. The van der Waals surface area contributed by atoms with Gasteiger partial charge in [0.25, 0.3) is 0 Å². The Balaban J connectivity index is 1.21. The third-order valence-corrected chi connectivity index (χ3v) is 8.32. The highest BCUT2D eigenvalue weighted by Gasteiger charge is 2.49. The monoisotopic (exact) mass is 529 g/mol. The predicted molar refractivity (Wildman–Crippen MR) is 140 cm³/mol. The Labute approximate surface area is 220 Å². The Morgan fingerprint density at radius 3 is 2.55 bits per heavy atom. The van der Waals surface area contributed by atoms with Gasteiger partial charge in [0.1, 0.15) is 11.9 Å². The van der Waals surface area contributed by atoms with Crippen molar-refractivity contribution in [1.29, 1.82) is 0 Å². The minimum absolute atomic E-state index is 0.0249. The van der Waals surface area contributed by atoms with Gasteiger partial charge in [-0.05, 0) is 68.7 Å². The van der Waals surface area contributed by atoms with Gasteiger partial charge >= 0.3 is 6.18 Å². The topological polar surface area (TPSA) is 69.7 Å². The number of ether oxygens (including phenoxy) is 1. The number of halogens is 3. The molecule has 1 aromatic carbocycles. The molecule has 1 atom stereocenters. The number of anilines is 4. The summed E-state index contributed by atoms with van der Waals surface area (Å²) in [6.07, 6.45) is 1.07. The molecule has 6 rings (SSSR count). The molecule has 3 fully saturated rings. The number of benzene rings is 1. The van der Waals surface area contributed by atoms with Crippen molar-refractivity contribution in [1.82, 2.24) is 10.3 Å². The average Bonchev–Trinajstić information content (AvgIpc) is 3.77. The van der Waals surface area contributed by atoms with Gasteiger partial charge in [-0.3, -0.25) is 4.79 Å². The summed E-state index contributed by atoms with van der Waals surface area (Å²) in [7, 11) is 0. The molecule has 2 aromatic rings. The lowest BCUT2D eigenvalue weighted by Gasteiger charge is -2.35. The average molecular weight is 530 g/mol. The van der Waals surface area contributed by atoms with E-state index >= 15 is 0 Å². The summed E-state index contributed by atoms with van der Waals surface area (Å²) < 4.78 is 46.1. The lowest BCUT2D eigenvalue weighted by molar-refractivity contribution is -0.163. The number of carbonyl (C=O) groups is 1. The van der Waals surface area contributed by atoms with Gasteiger partial charge in [-0.2, -0.15) is 13.2 Å². The molecule has 1 unspecified atom stereocenters. The second-order valence-corrected chi connectivity index (χ2v) is 10.9. The Hall–Kier alpha value is -2.85. The molecule has 4 aliphatic rings. The van der Waals surface area contributed by atoms with Crippen molar-refractivity contribution in [2.45, 2.75) is 63.3 Å². The lowest BCUT2D eigenvalue weighted by atomic mass is 9.84. The molecule has 3 heterocycles. The van der Waals surface area contributed by atoms with E-state index in [1.54, 1.807) is 6.20 Å². The third-order valence-electron chi connectivity index (χ3n) is 8.32. The molecule has 2 aliphatic heterocycles.